The average molecular weight is 590 g/mol. The second-order valence-corrected chi connectivity index (χ2v) is 10.4. The highest BCUT2D eigenvalue weighted by Gasteiger charge is 2.48. The molecule has 0 aliphatic carbocycles. The summed E-state index contributed by atoms with van der Waals surface area (Å²) in [6.45, 7) is 1.57. The Bertz CT molecular complexity index is 1830. The molecule has 3 amide bonds. The van der Waals surface area contributed by atoms with Crippen molar-refractivity contribution in [2.75, 3.05) is 13.7 Å². The standard InChI is InChI=1S/C33H27N5O6/c1-20(39)44-28-12-11-27(23-4-3-15-34-17-23)35-29(28)22-7-5-21(6-8-22)13-14-33(31(41)36-32(42)37-33)19-38-18-24-9-10-25(43-2)16-26(24)30(38)40/h3-12,15-17,31,41H,18-19H2,1-2H3,(H2,36,37,42). The average Bonchev–Trinajstić information content (AvgIpc) is 3.49. The molecular weight excluding hydrogens is 562 g/mol. The summed E-state index contributed by atoms with van der Waals surface area (Å²) >= 11 is 0. The monoisotopic (exact) mass is 589 g/mol. The van der Waals surface area contributed by atoms with Crippen LogP contribution in [0, 0.1) is 11.8 Å². The van der Waals surface area contributed by atoms with E-state index in [9.17, 15) is 19.5 Å². The van der Waals surface area contributed by atoms with E-state index in [0.717, 1.165) is 11.1 Å². The van der Waals surface area contributed by atoms with E-state index in [2.05, 4.69) is 27.5 Å². The summed E-state index contributed by atoms with van der Waals surface area (Å²) in [5.74, 6) is 6.19. The molecule has 0 saturated carbocycles. The molecule has 3 N–H and O–H groups in total. The number of hydrogen-bond acceptors (Lipinski definition) is 8. The Morgan fingerprint density at radius 1 is 1.11 bits per heavy atom. The third-order valence-electron chi connectivity index (χ3n) is 7.36. The van der Waals surface area contributed by atoms with Crippen molar-refractivity contribution in [1.82, 2.24) is 25.5 Å². The maximum absolute atomic E-state index is 13.2. The lowest BCUT2D eigenvalue weighted by molar-refractivity contribution is -0.131. The maximum atomic E-state index is 13.2. The van der Waals surface area contributed by atoms with Gasteiger partial charge in [0.2, 0.25) is 0 Å². The number of methoxy groups -OCH3 is 1. The number of rotatable bonds is 6. The molecule has 1 saturated heterocycles. The first-order valence-corrected chi connectivity index (χ1v) is 13.7. The number of nitrogens with zero attached hydrogens (tertiary/aromatic N) is 3. The summed E-state index contributed by atoms with van der Waals surface area (Å²) in [5, 5.41) is 16.0. The van der Waals surface area contributed by atoms with Crippen molar-refractivity contribution < 1.29 is 29.0 Å². The molecule has 2 atom stereocenters. The molecule has 220 valence electrons. The van der Waals surface area contributed by atoms with Gasteiger partial charge in [-0.15, -0.1) is 0 Å². The quantitative estimate of drug-likeness (QED) is 0.230. The maximum Gasteiger partial charge on any atom is 0.318 e. The Morgan fingerprint density at radius 3 is 2.61 bits per heavy atom. The van der Waals surface area contributed by atoms with Crippen LogP contribution in [0.25, 0.3) is 22.5 Å². The molecule has 1 fully saturated rings. The number of aromatic nitrogens is 2. The van der Waals surface area contributed by atoms with Crippen LogP contribution in [-0.2, 0) is 11.3 Å². The van der Waals surface area contributed by atoms with Gasteiger partial charge in [-0.2, -0.15) is 0 Å². The van der Waals surface area contributed by atoms with Gasteiger partial charge in [-0.1, -0.05) is 30.0 Å². The number of amides is 3. The minimum Gasteiger partial charge on any atom is -0.497 e. The lowest BCUT2D eigenvalue weighted by atomic mass is 9.97. The zero-order valence-electron chi connectivity index (χ0n) is 23.8. The topological polar surface area (TPSA) is 143 Å². The zero-order valence-corrected chi connectivity index (χ0v) is 23.8. The van der Waals surface area contributed by atoms with Crippen molar-refractivity contribution in [3.63, 3.8) is 0 Å². The van der Waals surface area contributed by atoms with Crippen LogP contribution in [0.4, 0.5) is 4.79 Å². The van der Waals surface area contributed by atoms with Crippen LogP contribution in [0.2, 0.25) is 0 Å². The lowest BCUT2D eigenvalue weighted by Crippen LogP contribution is -2.56. The minimum atomic E-state index is -1.46. The van der Waals surface area contributed by atoms with Gasteiger partial charge in [0.05, 0.1) is 19.3 Å². The Labute approximate surface area is 252 Å². The molecule has 4 heterocycles. The van der Waals surface area contributed by atoms with Gasteiger partial charge in [-0.3, -0.25) is 14.6 Å². The first-order chi connectivity index (χ1) is 21.2. The Hall–Kier alpha value is -5.73. The molecule has 44 heavy (non-hydrogen) atoms. The summed E-state index contributed by atoms with van der Waals surface area (Å²) in [6.07, 6.45) is 2.01. The van der Waals surface area contributed by atoms with Crippen LogP contribution < -0.4 is 20.1 Å². The second kappa shape index (κ2) is 11.5. The molecule has 2 unspecified atom stereocenters. The summed E-state index contributed by atoms with van der Waals surface area (Å²) < 4.78 is 10.7. The third kappa shape index (κ3) is 5.54. The van der Waals surface area contributed by atoms with E-state index >= 15 is 0 Å². The number of nitrogens with one attached hydrogen (secondary N) is 2. The second-order valence-electron chi connectivity index (χ2n) is 10.4. The molecule has 2 aromatic carbocycles. The fourth-order valence-corrected chi connectivity index (χ4v) is 5.18. The number of fused-ring (bicyclic) bond motifs is 1. The number of hydrogen-bond donors (Lipinski definition) is 3. The highest BCUT2D eigenvalue weighted by Crippen LogP contribution is 2.32. The van der Waals surface area contributed by atoms with Crippen molar-refractivity contribution in [2.24, 2.45) is 0 Å². The number of carbonyl (C=O) groups is 3. The van der Waals surface area contributed by atoms with E-state index in [-0.39, 0.29) is 12.5 Å². The van der Waals surface area contributed by atoms with Crippen molar-refractivity contribution in [3.05, 3.63) is 95.8 Å². The summed E-state index contributed by atoms with van der Waals surface area (Å²) in [7, 11) is 1.53. The molecule has 4 aromatic rings. The first-order valence-electron chi connectivity index (χ1n) is 13.7. The van der Waals surface area contributed by atoms with E-state index in [0.29, 0.717) is 46.1 Å². The Morgan fingerprint density at radius 2 is 1.93 bits per heavy atom. The van der Waals surface area contributed by atoms with Crippen molar-refractivity contribution in [1.29, 1.82) is 0 Å². The normalized spacial score (nSPS) is 18.5. The number of urea groups is 1. The van der Waals surface area contributed by atoms with Gasteiger partial charge in [-0.05, 0) is 54.1 Å². The summed E-state index contributed by atoms with van der Waals surface area (Å²) in [5.41, 5.74) is 3.05. The van der Waals surface area contributed by atoms with Crippen molar-refractivity contribution in [2.45, 2.75) is 25.2 Å². The van der Waals surface area contributed by atoms with Crippen LogP contribution >= 0.6 is 0 Å². The molecule has 11 heteroatoms. The Kier molecular flexibility index (Phi) is 7.43. The van der Waals surface area contributed by atoms with E-state index < -0.39 is 23.8 Å². The highest BCUT2D eigenvalue weighted by molar-refractivity contribution is 5.99. The molecular formula is C33H27N5O6. The Balaban J connectivity index is 1.28. The lowest BCUT2D eigenvalue weighted by Gasteiger charge is -2.30. The number of aliphatic hydroxyl groups is 1. The molecule has 0 spiro atoms. The molecule has 0 radical (unpaired) electrons. The highest BCUT2D eigenvalue weighted by atomic mass is 16.5. The van der Waals surface area contributed by atoms with Gasteiger partial charge in [0.1, 0.15) is 11.4 Å². The number of pyridine rings is 2. The van der Waals surface area contributed by atoms with Gasteiger partial charge in [0.25, 0.3) is 5.91 Å². The van der Waals surface area contributed by atoms with Gasteiger partial charge in [0, 0.05) is 48.1 Å². The van der Waals surface area contributed by atoms with Crippen LogP contribution in [0.1, 0.15) is 28.4 Å². The molecule has 0 bridgehead atoms. The van der Waals surface area contributed by atoms with Gasteiger partial charge < -0.3 is 30.1 Å². The smallest absolute Gasteiger partial charge is 0.318 e. The van der Waals surface area contributed by atoms with Gasteiger partial charge in [0.15, 0.2) is 17.5 Å². The number of esters is 1. The fraction of sp³-hybridized carbons (Fsp3) is 0.182. The minimum absolute atomic E-state index is 0.0510. The SMILES string of the molecule is COc1ccc2c(c1)C(=O)N(CC1(C#Cc3ccc(-c4nc(-c5cccnc5)ccc4OC(C)=O)cc3)NC(=O)NC1O)C2. The van der Waals surface area contributed by atoms with E-state index in [1.54, 1.807) is 60.9 Å². The van der Waals surface area contributed by atoms with Crippen LogP contribution in [0.15, 0.2) is 79.1 Å². The number of benzene rings is 2. The molecule has 2 aliphatic heterocycles. The predicted octanol–water partition coefficient (Wildman–Crippen LogP) is 3.12. The summed E-state index contributed by atoms with van der Waals surface area (Å²) in [4.78, 5) is 47.7. The van der Waals surface area contributed by atoms with Crippen LogP contribution in [-0.4, -0.2) is 63.3 Å². The van der Waals surface area contributed by atoms with E-state index in [4.69, 9.17) is 14.5 Å². The van der Waals surface area contributed by atoms with E-state index in [1.807, 2.05) is 18.2 Å². The number of carbonyl (C=O) groups excluding carboxylic acids is 3. The van der Waals surface area contributed by atoms with Gasteiger partial charge >= 0.3 is 12.0 Å². The third-order valence-corrected chi connectivity index (χ3v) is 7.36. The first kappa shape index (κ1) is 28.4. The number of aliphatic hydroxyl groups excluding tert-OH is 1. The van der Waals surface area contributed by atoms with Crippen LogP contribution in [0.5, 0.6) is 11.5 Å². The zero-order chi connectivity index (χ0) is 30.8. The van der Waals surface area contributed by atoms with Gasteiger partial charge in [-0.25, -0.2) is 9.78 Å². The predicted molar refractivity (Wildman–Crippen MR) is 159 cm³/mol. The van der Waals surface area contributed by atoms with E-state index in [1.165, 1.54) is 18.9 Å². The van der Waals surface area contributed by atoms with Crippen molar-refractivity contribution >= 4 is 17.9 Å². The molecule has 2 aliphatic rings. The molecule has 11 nitrogen and oxygen atoms in total. The molecule has 2 aromatic heterocycles. The number of ether oxygens (including phenoxy) is 2. The fourth-order valence-electron chi connectivity index (χ4n) is 5.18. The van der Waals surface area contributed by atoms with Crippen LogP contribution in [0.3, 0.4) is 0 Å². The molecule has 6 rings (SSSR count). The summed E-state index contributed by atoms with van der Waals surface area (Å²) in [6, 6.07) is 18.9. The largest absolute Gasteiger partial charge is 0.497 e. The van der Waals surface area contributed by atoms with Crippen molar-refractivity contribution in [3.8, 4) is 45.9 Å².